The van der Waals surface area contributed by atoms with Crippen molar-refractivity contribution in [3.8, 4) is 0 Å². The van der Waals surface area contributed by atoms with E-state index < -0.39 is 109 Å². The minimum absolute atomic E-state index is 0.0397. The maximum absolute atomic E-state index is 13.3. The summed E-state index contributed by atoms with van der Waals surface area (Å²) in [5, 5.41) is 33.1. The molecule has 0 unspecified atom stereocenters. The molecular formula is C37H59NO15. The molecule has 0 amide bonds. The average molecular weight is 758 g/mol. The second kappa shape index (κ2) is 18.5. The van der Waals surface area contributed by atoms with E-state index in [4.69, 9.17) is 37.9 Å². The molecule has 0 aliphatic carbocycles. The maximum atomic E-state index is 13.3. The molecule has 3 N–H and O–H groups in total. The normalized spacial score (nSPS) is 45.2. The predicted octanol–water partition coefficient (Wildman–Crippen LogP) is 0.836. The van der Waals surface area contributed by atoms with Gasteiger partial charge < -0.3 is 62.9 Å². The molecule has 53 heavy (non-hydrogen) atoms. The molecule has 16 heteroatoms. The van der Waals surface area contributed by atoms with Crippen LogP contribution in [0.4, 0.5) is 0 Å². The number of aliphatic hydroxyl groups excluding tert-OH is 2. The molecule has 0 aromatic heterocycles. The zero-order chi connectivity index (χ0) is 39.4. The van der Waals surface area contributed by atoms with E-state index in [-0.39, 0.29) is 37.3 Å². The van der Waals surface area contributed by atoms with Crippen molar-refractivity contribution in [2.24, 2.45) is 11.8 Å². The van der Waals surface area contributed by atoms with E-state index in [1.54, 1.807) is 52.8 Å². The summed E-state index contributed by atoms with van der Waals surface area (Å²) in [5.74, 6) is -2.92. The topological polar surface area (TPSA) is 209 Å². The molecule has 4 aliphatic rings. The average Bonchev–Trinajstić information content (AvgIpc) is 3.80. The lowest BCUT2D eigenvalue weighted by Crippen LogP contribution is -2.65. The fraction of sp³-hybridized carbons (Fsp3) is 0.838. The third kappa shape index (κ3) is 11.1. The minimum Gasteiger partial charge on any atom is -0.462 e. The van der Waals surface area contributed by atoms with Crippen LogP contribution < -0.4 is 0 Å². The highest BCUT2D eigenvalue weighted by Gasteiger charge is 2.52. The molecule has 0 spiro atoms. The number of fused-ring (bicyclic) bond motifs is 1. The van der Waals surface area contributed by atoms with E-state index in [0.29, 0.717) is 12.7 Å². The van der Waals surface area contributed by atoms with Gasteiger partial charge in [-0.1, -0.05) is 6.92 Å². The summed E-state index contributed by atoms with van der Waals surface area (Å²) in [4.78, 5) is 52.9. The number of hydrogen-bond acceptors (Lipinski definition) is 16. The lowest BCUT2D eigenvalue weighted by molar-refractivity contribution is -0.344. The predicted molar refractivity (Wildman–Crippen MR) is 185 cm³/mol. The van der Waals surface area contributed by atoms with Gasteiger partial charge in [0.2, 0.25) is 0 Å². The van der Waals surface area contributed by atoms with Crippen LogP contribution in [0.5, 0.6) is 0 Å². The first-order valence-corrected chi connectivity index (χ1v) is 18.4. The van der Waals surface area contributed by atoms with Crippen LogP contribution in [-0.4, -0.2) is 157 Å². The summed E-state index contributed by atoms with van der Waals surface area (Å²) in [6, 6.07) is -0.768. The Morgan fingerprint density at radius 1 is 1.02 bits per heavy atom. The van der Waals surface area contributed by atoms with Gasteiger partial charge in [-0.25, -0.2) is 0 Å². The molecule has 0 radical (unpaired) electrons. The first-order chi connectivity index (χ1) is 24.9. The van der Waals surface area contributed by atoms with Crippen molar-refractivity contribution in [3.63, 3.8) is 0 Å². The lowest BCUT2D eigenvalue weighted by atomic mass is 9.83. The fourth-order valence-corrected chi connectivity index (χ4v) is 7.77. The van der Waals surface area contributed by atoms with Gasteiger partial charge >= 0.3 is 11.9 Å². The number of epoxide rings is 1. The molecule has 4 aliphatic heterocycles. The minimum atomic E-state index is -1.49. The van der Waals surface area contributed by atoms with Crippen molar-refractivity contribution in [1.82, 2.24) is 4.90 Å². The van der Waals surface area contributed by atoms with Crippen molar-refractivity contribution in [2.45, 2.75) is 165 Å². The summed E-state index contributed by atoms with van der Waals surface area (Å²) in [6.07, 6.45) is -8.05. The van der Waals surface area contributed by atoms with Crippen LogP contribution in [-0.2, 0) is 57.1 Å². The number of aliphatic hydroxyl groups is 3. The molecule has 3 fully saturated rings. The van der Waals surface area contributed by atoms with Crippen molar-refractivity contribution < 1.29 is 72.4 Å². The number of rotatable bonds is 9. The Labute approximate surface area is 311 Å². The Morgan fingerprint density at radius 2 is 1.72 bits per heavy atom. The zero-order valence-electron chi connectivity index (χ0n) is 32.2. The summed E-state index contributed by atoms with van der Waals surface area (Å²) >= 11 is 0. The van der Waals surface area contributed by atoms with Crippen molar-refractivity contribution >= 4 is 24.0 Å². The molecule has 302 valence electrons. The number of likely N-dealkylation sites (N-methyl/N-ethyl adjacent to an activating group) is 1. The largest absolute Gasteiger partial charge is 0.462 e. The Hall–Kier alpha value is -2.38. The van der Waals surface area contributed by atoms with Crippen LogP contribution in [0.15, 0.2) is 12.2 Å². The van der Waals surface area contributed by atoms with E-state index in [2.05, 4.69) is 0 Å². The number of allylic oxidation sites excluding steroid dienone is 1. The van der Waals surface area contributed by atoms with Crippen LogP contribution in [0.2, 0.25) is 0 Å². The van der Waals surface area contributed by atoms with Gasteiger partial charge in [-0.3, -0.25) is 14.4 Å². The molecule has 4 rings (SSSR count). The molecule has 3 saturated heterocycles. The van der Waals surface area contributed by atoms with Gasteiger partial charge in [-0.15, -0.1) is 0 Å². The van der Waals surface area contributed by atoms with Gasteiger partial charge in [-0.05, 0) is 66.3 Å². The summed E-state index contributed by atoms with van der Waals surface area (Å²) in [5.41, 5.74) is -1.49. The number of esters is 2. The Bertz CT molecular complexity index is 1290. The zero-order valence-corrected chi connectivity index (χ0v) is 32.2. The van der Waals surface area contributed by atoms with E-state index in [1.807, 2.05) is 0 Å². The molecular weight excluding hydrogens is 698 g/mol. The molecule has 0 saturated carbocycles. The molecule has 0 aromatic carbocycles. The number of hydrogen-bond donors (Lipinski definition) is 3. The van der Waals surface area contributed by atoms with Gasteiger partial charge in [0, 0.05) is 39.2 Å². The Kier molecular flexibility index (Phi) is 15.1. The van der Waals surface area contributed by atoms with Gasteiger partial charge in [0.05, 0.1) is 42.5 Å². The number of carbonyl (C=O) groups excluding carboxylic acids is 4. The molecule has 17 atom stereocenters. The number of aldehydes is 1. The summed E-state index contributed by atoms with van der Waals surface area (Å²) < 4.78 is 47.9. The number of cyclic esters (lactones) is 1. The molecule has 16 nitrogen and oxygen atoms in total. The Balaban J connectivity index is 1.68. The van der Waals surface area contributed by atoms with Crippen molar-refractivity contribution in [2.75, 3.05) is 21.2 Å². The highest BCUT2D eigenvalue weighted by Crippen LogP contribution is 2.37. The van der Waals surface area contributed by atoms with Gasteiger partial charge in [0.25, 0.3) is 0 Å². The highest BCUT2D eigenvalue weighted by molar-refractivity contribution is 5.91. The van der Waals surface area contributed by atoms with E-state index in [9.17, 15) is 34.5 Å². The summed E-state index contributed by atoms with van der Waals surface area (Å²) in [7, 11) is 4.82. The fourth-order valence-electron chi connectivity index (χ4n) is 7.77. The van der Waals surface area contributed by atoms with Crippen LogP contribution in [0.1, 0.15) is 73.6 Å². The third-order valence-corrected chi connectivity index (χ3v) is 10.6. The first kappa shape index (κ1) is 43.3. The Morgan fingerprint density at radius 3 is 2.32 bits per heavy atom. The second-order valence-electron chi connectivity index (χ2n) is 15.4. The molecule has 0 aromatic rings. The molecule has 4 heterocycles. The van der Waals surface area contributed by atoms with E-state index >= 15 is 0 Å². The van der Waals surface area contributed by atoms with Gasteiger partial charge in [0.15, 0.2) is 18.4 Å². The standard InChI is InChI=1S/C37H59NO15/c1-18-14-23(12-13-39)33(34(46-9)27(50-22(5)40)16-28(42)47-19(2)15-26-25(51-26)11-10-24(18)41)53-36-31(43)30(38(7)8)32(20(3)49-36)52-29-17-37(6,45)35(44)21(4)48-29/h10-11,13,18-21,23,25-27,29-36,43-45H,12,14-17H2,1-9H3/b11-10+/t18-,19-,20-,21+,23+,25+,26+,27-,29+,30-,31-,32-,33+,34+,35+,36+,37-/m1/s1. The van der Waals surface area contributed by atoms with Crippen LogP contribution >= 0.6 is 0 Å². The van der Waals surface area contributed by atoms with Gasteiger partial charge in [-0.2, -0.15) is 0 Å². The number of methoxy groups -OCH3 is 1. The monoisotopic (exact) mass is 757 g/mol. The third-order valence-electron chi connectivity index (χ3n) is 10.6. The lowest BCUT2D eigenvalue weighted by Gasteiger charge is -2.50. The number of ketones is 1. The SMILES string of the molecule is CO[C@@H]1[C@@H](O[C@@H]2O[C@H](C)[C@@H](O[C@H]3C[C@@](C)(O)[C@@H](O)[C@H](C)O3)[C@H](N(C)C)[C@H]2O)[C@@H](CC=O)C[C@@H](C)C(=O)/C=C/[C@@H]2O[C@H]2C[C@@H](C)OC(=O)C[C@H]1OC(C)=O. The molecule has 0 bridgehead atoms. The van der Waals surface area contributed by atoms with E-state index in [0.717, 1.165) is 0 Å². The van der Waals surface area contributed by atoms with Crippen molar-refractivity contribution in [1.29, 1.82) is 0 Å². The highest BCUT2D eigenvalue weighted by atomic mass is 16.7. The smallest absolute Gasteiger partial charge is 0.309 e. The van der Waals surface area contributed by atoms with Crippen LogP contribution in [0.3, 0.4) is 0 Å². The van der Waals surface area contributed by atoms with Gasteiger partial charge in [0.1, 0.15) is 49.0 Å². The van der Waals surface area contributed by atoms with Crippen LogP contribution in [0.25, 0.3) is 0 Å². The number of carbonyl (C=O) groups is 4. The van der Waals surface area contributed by atoms with Crippen LogP contribution in [0, 0.1) is 11.8 Å². The van der Waals surface area contributed by atoms with Crippen molar-refractivity contribution in [3.05, 3.63) is 12.2 Å². The summed E-state index contributed by atoms with van der Waals surface area (Å²) in [6.45, 7) is 9.47. The maximum Gasteiger partial charge on any atom is 0.309 e. The quantitative estimate of drug-likeness (QED) is 0.169. The second-order valence-corrected chi connectivity index (χ2v) is 15.4. The number of nitrogens with zero attached hydrogens (tertiary/aromatic N) is 1. The van der Waals surface area contributed by atoms with E-state index in [1.165, 1.54) is 27.0 Å². The number of ether oxygens (including phenoxy) is 8. The first-order valence-electron chi connectivity index (χ1n) is 18.4.